The number of carbonyl (C=O) groups excluding carboxylic acids is 1. The Balaban J connectivity index is 1.67. The molecule has 3 heterocycles. The van der Waals surface area contributed by atoms with Crippen molar-refractivity contribution in [2.24, 2.45) is 0 Å². The summed E-state index contributed by atoms with van der Waals surface area (Å²) >= 11 is 0. The highest BCUT2D eigenvalue weighted by Crippen LogP contribution is 2.17. The largest absolute Gasteiger partial charge is 0.378 e. The summed E-state index contributed by atoms with van der Waals surface area (Å²) in [6, 6.07) is 0.424. The Morgan fingerprint density at radius 3 is 3.00 bits per heavy atom. The highest BCUT2D eigenvalue weighted by Gasteiger charge is 2.22. The van der Waals surface area contributed by atoms with Gasteiger partial charge in [-0.25, -0.2) is 4.98 Å². The SMILES string of the molecule is O=C(c1cn(C2CCCNC2)cn1)N1CCOCC1. The molecule has 1 unspecified atom stereocenters. The van der Waals surface area contributed by atoms with Crippen LogP contribution in [0.15, 0.2) is 12.5 Å². The summed E-state index contributed by atoms with van der Waals surface area (Å²) in [7, 11) is 0. The zero-order valence-corrected chi connectivity index (χ0v) is 11.0. The van der Waals surface area contributed by atoms with Crippen molar-refractivity contribution >= 4 is 5.91 Å². The first-order chi connectivity index (χ1) is 9.34. The highest BCUT2D eigenvalue weighted by molar-refractivity contribution is 5.92. The van der Waals surface area contributed by atoms with E-state index in [4.69, 9.17) is 4.74 Å². The number of hydrogen-bond acceptors (Lipinski definition) is 4. The predicted octanol–water partition coefficient (Wildman–Crippen LogP) is 0.280. The van der Waals surface area contributed by atoms with E-state index in [1.807, 2.05) is 11.1 Å². The highest BCUT2D eigenvalue weighted by atomic mass is 16.5. The first-order valence-electron chi connectivity index (χ1n) is 6.96. The van der Waals surface area contributed by atoms with Gasteiger partial charge in [-0.05, 0) is 19.4 Å². The molecule has 0 bridgehead atoms. The maximum absolute atomic E-state index is 12.3. The summed E-state index contributed by atoms with van der Waals surface area (Å²) in [5, 5.41) is 3.37. The Labute approximate surface area is 112 Å². The zero-order valence-electron chi connectivity index (χ0n) is 11.0. The molecule has 1 amide bonds. The van der Waals surface area contributed by atoms with Crippen molar-refractivity contribution in [3.63, 3.8) is 0 Å². The van der Waals surface area contributed by atoms with Crippen molar-refractivity contribution in [3.8, 4) is 0 Å². The molecule has 1 aromatic heterocycles. The third kappa shape index (κ3) is 2.79. The number of hydrogen-bond donors (Lipinski definition) is 1. The van der Waals surface area contributed by atoms with E-state index in [0.29, 0.717) is 38.0 Å². The summed E-state index contributed by atoms with van der Waals surface area (Å²) in [4.78, 5) is 18.4. The van der Waals surface area contributed by atoms with Gasteiger partial charge >= 0.3 is 0 Å². The van der Waals surface area contributed by atoms with E-state index in [1.165, 1.54) is 6.42 Å². The van der Waals surface area contributed by atoms with Gasteiger partial charge in [0.05, 0.1) is 19.5 Å². The molecule has 0 spiro atoms. The topological polar surface area (TPSA) is 59.4 Å². The van der Waals surface area contributed by atoms with Crippen LogP contribution in [0.1, 0.15) is 29.4 Å². The summed E-state index contributed by atoms with van der Waals surface area (Å²) in [6.45, 7) is 4.62. The van der Waals surface area contributed by atoms with Gasteiger partial charge in [-0.3, -0.25) is 4.79 Å². The lowest BCUT2D eigenvalue weighted by Crippen LogP contribution is -2.40. The molecule has 6 heteroatoms. The van der Waals surface area contributed by atoms with Crippen LogP contribution in [0.3, 0.4) is 0 Å². The number of carbonyl (C=O) groups is 1. The maximum Gasteiger partial charge on any atom is 0.274 e. The standard InChI is InChI=1S/C13H20N4O2/c18-13(16-4-6-19-7-5-16)12-9-17(10-15-12)11-2-1-3-14-8-11/h9-11,14H,1-8H2. The average molecular weight is 264 g/mol. The van der Waals surface area contributed by atoms with E-state index in [-0.39, 0.29) is 5.91 Å². The predicted molar refractivity (Wildman–Crippen MR) is 70.1 cm³/mol. The van der Waals surface area contributed by atoms with Gasteiger partial charge in [0.25, 0.3) is 5.91 Å². The molecule has 0 radical (unpaired) electrons. The molecule has 19 heavy (non-hydrogen) atoms. The van der Waals surface area contributed by atoms with Crippen molar-refractivity contribution in [1.29, 1.82) is 0 Å². The lowest BCUT2D eigenvalue weighted by Gasteiger charge is -2.26. The first kappa shape index (κ1) is 12.6. The molecule has 0 aromatic carbocycles. The molecule has 2 aliphatic heterocycles. The molecule has 2 aliphatic rings. The number of morpholine rings is 1. The fraction of sp³-hybridized carbons (Fsp3) is 0.692. The monoisotopic (exact) mass is 264 g/mol. The molecule has 2 saturated heterocycles. The quantitative estimate of drug-likeness (QED) is 0.833. The second-order valence-electron chi connectivity index (χ2n) is 5.11. The third-order valence-corrected chi connectivity index (χ3v) is 3.81. The number of rotatable bonds is 2. The van der Waals surface area contributed by atoms with Crippen LogP contribution in [0, 0.1) is 0 Å². The zero-order chi connectivity index (χ0) is 13.1. The fourth-order valence-electron chi connectivity index (χ4n) is 2.66. The summed E-state index contributed by atoms with van der Waals surface area (Å²) in [5.74, 6) is 0.0193. The first-order valence-corrected chi connectivity index (χ1v) is 6.96. The van der Waals surface area contributed by atoms with Crippen LogP contribution < -0.4 is 5.32 Å². The van der Waals surface area contributed by atoms with Gasteiger partial charge in [-0.1, -0.05) is 0 Å². The minimum absolute atomic E-state index is 0.0193. The van der Waals surface area contributed by atoms with Crippen molar-refractivity contribution in [3.05, 3.63) is 18.2 Å². The third-order valence-electron chi connectivity index (χ3n) is 3.81. The van der Waals surface area contributed by atoms with Crippen LogP contribution >= 0.6 is 0 Å². The van der Waals surface area contributed by atoms with Gasteiger partial charge in [-0.2, -0.15) is 0 Å². The Kier molecular flexibility index (Phi) is 3.79. The van der Waals surface area contributed by atoms with Gasteiger partial charge in [0.2, 0.25) is 0 Å². The summed E-state index contributed by atoms with van der Waals surface area (Å²) in [5.41, 5.74) is 0.549. The van der Waals surface area contributed by atoms with E-state index in [2.05, 4.69) is 14.9 Å². The second-order valence-corrected chi connectivity index (χ2v) is 5.11. The van der Waals surface area contributed by atoms with Gasteiger partial charge < -0.3 is 19.5 Å². The molecule has 104 valence electrons. The fourth-order valence-corrected chi connectivity index (χ4v) is 2.66. The van der Waals surface area contributed by atoms with Gasteiger partial charge in [-0.15, -0.1) is 0 Å². The molecule has 6 nitrogen and oxygen atoms in total. The number of nitrogens with one attached hydrogen (secondary N) is 1. The number of aromatic nitrogens is 2. The summed E-state index contributed by atoms with van der Waals surface area (Å²) < 4.78 is 7.33. The number of amides is 1. The maximum atomic E-state index is 12.3. The van der Waals surface area contributed by atoms with E-state index in [0.717, 1.165) is 19.5 Å². The van der Waals surface area contributed by atoms with E-state index >= 15 is 0 Å². The number of nitrogens with zero attached hydrogens (tertiary/aromatic N) is 3. The lowest BCUT2D eigenvalue weighted by molar-refractivity contribution is 0.0299. The van der Waals surface area contributed by atoms with Crippen LogP contribution in [0.25, 0.3) is 0 Å². The molecule has 1 aromatic rings. The van der Waals surface area contributed by atoms with Crippen LogP contribution in [0.2, 0.25) is 0 Å². The van der Waals surface area contributed by atoms with Gasteiger partial charge in [0.1, 0.15) is 5.69 Å². The van der Waals surface area contributed by atoms with Crippen LogP contribution in [-0.2, 0) is 4.74 Å². The molecule has 3 rings (SSSR count). The molecular formula is C13H20N4O2. The molecule has 2 fully saturated rings. The minimum Gasteiger partial charge on any atom is -0.378 e. The van der Waals surface area contributed by atoms with Crippen molar-refractivity contribution < 1.29 is 9.53 Å². The molecule has 1 atom stereocenters. The number of imidazole rings is 1. The van der Waals surface area contributed by atoms with Gasteiger partial charge in [0, 0.05) is 31.9 Å². The van der Waals surface area contributed by atoms with Gasteiger partial charge in [0.15, 0.2) is 0 Å². The van der Waals surface area contributed by atoms with Crippen molar-refractivity contribution in [1.82, 2.24) is 19.8 Å². The molecule has 1 N–H and O–H groups in total. The van der Waals surface area contributed by atoms with Crippen LogP contribution in [0.5, 0.6) is 0 Å². The Morgan fingerprint density at radius 2 is 2.26 bits per heavy atom. The van der Waals surface area contributed by atoms with Crippen molar-refractivity contribution in [2.75, 3.05) is 39.4 Å². The van der Waals surface area contributed by atoms with Crippen LogP contribution in [-0.4, -0.2) is 59.8 Å². The Morgan fingerprint density at radius 1 is 1.42 bits per heavy atom. The van der Waals surface area contributed by atoms with E-state index < -0.39 is 0 Å². The van der Waals surface area contributed by atoms with E-state index in [1.54, 1.807) is 6.33 Å². The van der Waals surface area contributed by atoms with Crippen molar-refractivity contribution in [2.45, 2.75) is 18.9 Å². The molecule has 0 saturated carbocycles. The smallest absolute Gasteiger partial charge is 0.274 e. The number of piperidine rings is 1. The molecular weight excluding hydrogens is 244 g/mol. The number of ether oxygens (including phenoxy) is 1. The lowest BCUT2D eigenvalue weighted by atomic mass is 10.1. The summed E-state index contributed by atoms with van der Waals surface area (Å²) in [6.07, 6.45) is 5.99. The Bertz CT molecular complexity index is 434. The van der Waals surface area contributed by atoms with E-state index in [9.17, 15) is 4.79 Å². The average Bonchev–Trinajstić information content (AvgIpc) is 2.98. The minimum atomic E-state index is 0.0193. The molecule has 0 aliphatic carbocycles. The van der Waals surface area contributed by atoms with Crippen LogP contribution in [0.4, 0.5) is 0 Å². The Hall–Kier alpha value is -1.40. The second kappa shape index (κ2) is 5.71. The normalized spacial score (nSPS) is 24.4.